The number of aromatic amines is 1. The van der Waals surface area contributed by atoms with E-state index in [1.54, 1.807) is 0 Å². The van der Waals surface area contributed by atoms with Crippen LogP contribution in [0.4, 0.5) is 0 Å². The number of rotatable bonds is 4. The third-order valence-electron chi connectivity index (χ3n) is 5.56. The lowest BCUT2D eigenvalue weighted by Gasteiger charge is -2.36. The quantitative estimate of drug-likeness (QED) is 0.830. The van der Waals surface area contributed by atoms with Gasteiger partial charge in [0.15, 0.2) is 0 Å². The van der Waals surface area contributed by atoms with Crippen molar-refractivity contribution in [3.63, 3.8) is 0 Å². The zero-order valence-electron chi connectivity index (χ0n) is 14.8. The molecule has 3 nitrogen and oxygen atoms in total. The van der Waals surface area contributed by atoms with Crippen molar-refractivity contribution in [2.24, 2.45) is 29.4 Å². The van der Waals surface area contributed by atoms with Gasteiger partial charge in [0, 0.05) is 6.42 Å². The molecule has 2 aromatic rings. The smallest absolute Gasteiger partial charge is 0.107 e. The summed E-state index contributed by atoms with van der Waals surface area (Å²) < 4.78 is 0. The maximum Gasteiger partial charge on any atom is 0.107 e. The summed E-state index contributed by atoms with van der Waals surface area (Å²) in [7, 11) is 0. The molecule has 0 bridgehead atoms. The molecule has 124 valence electrons. The molecular weight excluding hydrogens is 282 g/mol. The van der Waals surface area contributed by atoms with Crippen molar-refractivity contribution in [3.05, 3.63) is 41.2 Å². The Labute approximate surface area is 139 Å². The van der Waals surface area contributed by atoms with E-state index in [1.807, 2.05) is 0 Å². The van der Waals surface area contributed by atoms with Gasteiger partial charge in [-0.3, -0.25) is 0 Å². The molecule has 3 N–H and O–H groups in total. The SMILES string of the molecule is CC1=CC(CN)C(C(C)C)CC1Cc1nc2c(C)cccc2[nH]1. The van der Waals surface area contributed by atoms with E-state index in [9.17, 15) is 0 Å². The molecule has 0 saturated carbocycles. The summed E-state index contributed by atoms with van der Waals surface area (Å²) in [6, 6.07) is 6.33. The number of H-pyrrole nitrogens is 1. The molecule has 0 aliphatic heterocycles. The van der Waals surface area contributed by atoms with Gasteiger partial charge in [-0.1, -0.05) is 37.6 Å². The molecule has 3 heteroatoms. The van der Waals surface area contributed by atoms with Crippen molar-refractivity contribution in [1.29, 1.82) is 0 Å². The minimum atomic E-state index is 0.532. The Kier molecular flexibility index (Phi) is 4.58. The van der Waals surface area contributed by atoms with Crippen LogP contribution in [0.15, 0.2) is 29.8 Å². The lowest BCUT2D eigenvalue weighted by molar-refractivity contribution is 0.230. The minimum Gasteiger partial charge on any atom is -0.342 e. The molecule has 0 radical (unpaired) electrons. The lowest BCUT2D eigenvalue weighted by Crippen LogP contribution is -2.32. The Morgan fingerprint density at radius 3 is 2.74 bits per heavy atom. The second-order valence-electron chi connectivity index (χ2n) is 7.51. The second kappa shape index (κ2) is 6.48. The molecular formula is C20H29N3. The van der Waals surface area contributed by atoms with Crippen LogP contribution in [0.5, 0.6) is 0 Å². The number of nitrogens with one attached hydrogen (secondary N) is 1. The molecule has 1 aromatic carbocycles. The number of aryl methyl sites for hydroxylation is 1. The fraction of sp³-hybridized carbons (Fsp3) is 0.550. The Hall–Kier alpha value is -1.61. The first-order valence-electron chi connectivity index (χ1n) is 8.82. The van der Waals surface area contributed by atoms with E-state index in [4.69, 9.17) is 10.7 Å². The van der Waals surface area contributed by atoms with E-state index in [-0.39, 0.29) is 0 Å². The van der Waals surface area contributed by atoms with Crippen molar-refractivity contribution in [2.75, 3.05) is 6.54 Å². The normalized spacial score (nSPS) is 25.1. The van der Waals surface area contributed by atoms with Crippen LogP contribution in [0.25, 0.3) is 11.0 Å². The molecule has 0 amide bonds. The van der Waals surface area contributed by atoms with Crippen LogP contribution in [0.1, 0.15) is 38.6 Å². The van der Waals surface area contributed by atoms with E-state index >= 15 is 0 Å². The Morgan fingerprint density at radius 2 is 2.09 bits per heavy atom. The van der Waals surface area contributed by atoms with Crippen molar-refractivity contribution in [1.82, 2.24) is 9.97 Å². The number of hydrogen-bond acceptors (Lipinski definition) is 2. The Balaban J connectivity index is 1.84. The van der Waals surface area contributed by atoms with Gasteiger partial charge in [-0.25, -0.2) is 4.98 Å². The average molecular weight is 311 g/mol. The summed E-state index contributed by atoms with van der Waals surface area (Å²) in [6.45, 7) is 9.79. The number of para-hydroxylation sites is 1. The van der Waals surface area contributed by atoms with Crippen molar-refractivity contribution >= 4 is 11.0 Å². The van der Waals surface area contributed by atoms with E-state index in [2.05, 4.69) is 57.0 Å². The summed E-state index contributed by atoms with van der Waals surface area (Å²) in [5, 5.41) is 0. The van der Waals surface area contributed by atoms with Gasteiger partial charge in [0.05, 0.1) is 11.0 Å². The topological polar surface area (TPSA) is 54.7 Å². The zero-order chi connectivity index (χ0) is 16.6. The molecule has 0 fully saturated rings. The molecule has 1 aromatic heterocycles. The average Bonchev–Trinajstić information content (AvgIpc) is 2.92. The summed E-state index contributed by atoms with van der Waals surface area (Å²) >= 11 is 0. The number of aromatic nitrogens is 2. The first-order chi connectivity index (χ1) is 11.0. The molecule has 3 atom stereocenters. The minimum absolute atomic E-state index is 0.532. The van der Waals surface area contributed by atoms with Gasteiger partial charge in [0.25, 0.3) is 0 Å². The first kappa shape index (κ1) is 16.3. The van der Waals surface area contributed by atoms with Crippen molar-refractivity contribution in [3.8, 4) is 0 Å². The third-order valence-corrected chi connectivity index (χ3v) is 5.56. The molecule has 1 heterocycles. The van der Waals surface area contributed by atoms with E-state index in [0.29, 0.717) is 23.7 Å². The van der Waals surface area contributed by atoms with Crippen LogP contribution in [0.3, 0.4) is 0 Å². The van der Waals surface area contributed by atoms with Gasteiger partial charge >= 0.3 is 0 Å². The lowest BCUT2D eigenvalue weighted by atomic mass is 9.70. The van der Waals surface area contributed by atoms with Crippen molar-refractivity contribution < 1.29 is 0 Å². The highest BCUT2D eigenvalue weighted by atomic mass is 14.9. The maximum atomic E-state index is 6.00. The maximum absolute atomic E-state index is 6.00. The molecule has 1 aliphatic carbocycles. The summed E-state index contributed by atoms with van der Waals surface area (Å²) in [5.41, 5.74) is 11.0. The predicted molar refractivity (Wildman–Crippen MR) is 97.3 cm³/mol. The molecule has 0 spiro atoms. The van der Waals surface area contributed by atoms with Gasteiger partial charge < -0.3 is 10.7 Å². The van der Waals surface area contributed by atoms with Gasteiger partial charge in [0.1, 0.15) is 5.82 Å². The Bertz CT molecular complexity index is 711. The van der Waals surface area contributed by atoms with Crippen LogP contribution >= 0.6 is 0 Å². The largest absolute Gasteiger partial charge is 0.342 e. The number of nitrogens with zero attached hydrogens (tertiary/aromatic N) is 1. The van der Waals surface area contributed by atoms with Gasteiger partial charge in [0.2, 0.25) is 0 Å². The number of fused-ring (bicyclic) bond motifs is 1. The fourth-order valence-electron chi connectivity index (χ4n) is 4.10. The zero-order valence-corrected chi connectivity index (χ0v) is 14.8. The molecule has 3 unspecified atom stereocenters. The molecule has 23 heavy (non-hydrogen) atoms. The third kappa shape index (κ3) is 3.20. The summed E-state index contributed by atoms with van der Waals surface area (Å²) in [4.78, 5) is 8.35. The van der Waals surface area contributed by atoms with Crippen LogP contribution in [0, 0.1) is 30.6 Å². The second-order valence-corrected chi connectivity index (χ2v) is 7.51. The monoisotopic (exact) mass is 311 g/mol. The number of hydrogen-bond donors (Lipinski definition) is 2. The van der Waals surface area contributed by atoms with Crippen molar-refractivity contribution in [2.45, 2.75) is 40.5 Å². The van der Waals surface area contributed by atoms with Crippen LogP contribution in [-0.4, -0.2) is 16.5 Å². The van der Waals surface area contributed by atoms with E-state index in [1.165, 1.54) is 17.6 Å². The molecule has 3 rings (SSSR count). The standard InChI is InChI=1S/C20H29N3/c1-12(2)17-9-15(14(4)8-16(17)11-21)10-19-22-18-7-5-6-13(3)20(18)23-19/h5-8,12,15-17H,9-11,21H2,1-4H3,(H,22,23). The van der Waals surface area contributed by atoms with Gasteiger partial charge in [-0.05, 0) is 62.1 Å². The van der Waals surface area contributed by atoms with Crippen LogP contribution < -0.4 is 5.73 Å². The van der Waals surface area contributed by atoms with E-state index in [0.717, 1.165) is 29.8 Å². The first-order valence-corrected chi connectivity index (χ1v) is 8.82. The summed E-state index contributed by atoms with van der Waals surface area (Å²) in [6.07, 6.45) is 4.64. The predicted octanol–water partition coefficient (Wildman–Crippen LogP) is 4.23. The highest BCUT2D eigenvalue weighted by Gasteiger charge is 2.31. The highest BCUT2D eigenvalue weighted by Crippen LogP contribution is 2.38. The number of benzene rings is 1. The number of allylic oxidation sites excluding steroid dienone is 1. The molecule has 0 saturated heterocycles. The van der Waals surface area contributed by atoms with Crippen LogP contribution in [0.2, 0.25) is 0 Å². The van der Waals surface area contributed by atoms with Gasteiger partial charge in [-0.15, -0.1) is 0 Å². The highest BCUT2D eigenvalue weighted by molar-refractivity contribution is 5.78. The number of imidazole rings is 1. The van der Waals surface area contributed by atoms with Crippen LogP contribution in [-0.2, 0) is 6.42 Å². The molecule has 1 aliphatic rings. The fourth-order valence-corrected chi connectivity index (χ4v) is 4.10. The Morgan fingerprint density at radius 1 is 1.30 bits per heavy atom. The van der Waals surface area contributed by atoms with E-state index < -0.39 is 0 Å². The number of nitrogens with two attached hydrogens (primary N) is 1. The van der Waals surface area contributed by atoms with Gasteiger partial charge in [-0.2, -0.15) is 0 Å². The summed E-state index contributed by atoms with van der Waals surface area (Å²) in [5.74, 6) is 3.57.